The van der Waals surface area contributed by atoms with Gasteiger partial charge in [-0.1, -0.05) is 41.5 Å². The molecule has 178 valence electrons. The summed E-state index contributed by atoms with van der Waals surface area (Å²) in [6.45, 7) is 15.5. The lowest BCUT2D eigenvalue weighted by molar-refractivity contribution is -0.161. The third-order valence-electron chi connectivity index (χ3n) is 6.73. The second-order valence-corrected chi connectivity index (χ2v) is 10.8. The number of piperidine rings is 1. The number of nitrogens with zero attached hydrogens (tertiary/aromatic N) is 2. The van der Waals surface area contributed by atoms with Crippen LogP contribution in [0.15, 0.2) is 10.5 Å². The molecule has 0 aliphatic carbocycles. The van der Waals surface area contributed by atoms with E-state index in [0.717, 1.165) is 12.2 Å². The lowest BCUT2D eigenvalue weighted by Gasteiger charge is -2.51. The number of aryl methyl sites for hydroxylation is 1. The summed E-state index contributed by atoms with van der Waals surface area (Å²) >= 11 is 0. The Kier molecular flexibility index (Phi) is 6.78. The smallest absolute Gasteiger partial charge is 0.257 e. The van der Waals surface area contributed by atoms with Crippen molar-refractivity contribution < 1.29 is 18.8 Å². The normalized spacial score (nSPS) is 21.4. The monoisotopic (exact) mass is 445 g/mol. The number of amides is 3. The summed E-state index contributed by atoms with van der Waals surface area (Å²) < 4.78 is 5.86. The van der Waals surface area contributed by atoms with Crippen LogP contribution in [0.25, 0.3) is 0 Å². The maximum atomic E-state index is 13.3. The van der Waals surface area contributed by atoms with E-state index in [1.165, 1.54) is 0 Å². The van der Waals surface area contributed by atoms with Crippen molar-refractivity contribution in [2.75, 3.05) is 19.6 Å². The predicted molar refractivity (Wildman–Crippen MR) is 123 cm³/mol. The minimum atomic E-state index is -0.862. The summed E-state index contributed by atoms with van der Waals surface area (Å²) in [6.07, 6.45) is 2.34. The molecule has 1 N–H and O–H groups in total. The van der Waals surface area contributed by atoms with E-state index >= 15 is 0 Å². The standard InChI is InChI=1S/C25H39N3O4/c1-8-11-28-22(30)19(14-16(2)3)26-23(31)25(28)9-12-27(13-10-25)21(29)18-15-20(24(5,6)7)32-17(18)4/h15-16,19H,8-14H2,1-7H3,(H,26,31). The molecule has 1 spiro atoms. The number of likely N-dealkylation sites (tertiary alicyclic amines) is 1. The van der Waals surface area contributed by atoms with Crippen LogP contribution in [0.1, 0.15) is 89.1 Å². The fourth-order valence-corrected chi connectivity index (χ4v) is 4.87. The van der Waals surface area contributed by atoms with Gasteiger partial charge in [0.1, 0.15) is 23.1 Å². The number of rotatable bonds is 5. The van der Waals surface area contributed by atoms with Crippen LogP contribution in [0.2, 0.25) is 0 Å². The summed E-state index contributed by atoms with van der Waals surface area (Å²) in [5, 5.41) is 3.00. The van der Waals surface area contributed by atoms with Crippen molar-refractivity contribution in [2.24, 2.45) is 5.92 Å². The predicted octanol–water partition coefficient (Wildman–Crippen LogP) is 3.64. The molecule has 1 atom stereocenters. The first-order valence-electron chi connectivity index (χ1n) is 11.9. The lowest BCUT2D eigenvalue weighted by atomic mass is 9.80. The Morgan fingerprint density at radius 3 is 2.38 bits per heavy atom. The van der Waals surface area contributed by atoms with Gasteiger partial charge in [0, 0.05) is 25.0 Å². The summed E-state index contributed by atoms with van der Waals surface area (Å²) in [5.41, 5.74) is -0.458. The van der Waals surface area contributed by atoms with Gasteiger partial charge in [0.15, 0.2) is 0 Å². The first-order valence-corrected chi connectivity index (χ1v) is 11.9. The van der Waals surface area contributed by atoms with E-state index in [0.29, 0.717) is 56.1 Å². The number of carbonyl (C=O) groups is 3. The largest absolute Gasteiger partial charge is 0.465 e. The van der Waals surface area contributed by atoms with Crippen LogP contribution in [-0.4, -0.2) is 58.7 Å². The van der Waals surface area contributed by atoms with Crippen LogP contribution in [0.3, 0.4) is 0 Å². The molecular formula is C25H39N3O4. The Bertz CT molecular complexity index is 872. The molecule has 2 aliphatic rings. The molecular weight excluding hydrogens is 406 g/mol. The van der Waals surface area contributed by atoms with Crippen molar-refractivity contribution >= 4 is 17.7 Å². The summed E-state index contributed by atoms with van der Waals surface area (Å²) in [5.74, 6) is 1.60. The highest BCUT2D eigenvalue weighted by Crippen LogP contribution is 2.35. The fourth-order valence-electron chi connectivity index (χ4n) is 4.87. The van der Waals surface area contributed by atoms with Crippen molar-refractivity contribution in [3.8, 4) is 0 Å². The van der Waals surface area contributed by atoms with E-state index in [-0.39, 0.29) is 23.1 Å². The average molecular weight is 446 g/mol. The van der Waals surface area contributed by atoms with Crippen molar-refractivity contribution in [3.05, 3.63) is 23.2 Å². The van der Waals surface area contributed by atoms with Crippen LogP contribution in [0.5, 0.6) is 0 Å². The molecule has 3 rings (SSSR count). The van der Waals surface area contributed by atoms with E-state index in [4.69, 9.17) is 4.42 Å². The Balaban J connectivity index is 1.78. The minimum absolute atomic E-state index is 0.0143. The van der Waals surface area contributed by atoms with Gasteiger partial charge in [0.25, 0.3) is 5.91 Å². The van der Waals surface area contributed by atoms with Crippen LogP contribution < -0.4 is 5.32 Å². The Morgan fingerprint density at radius 1 is 1.25 bits per heavy atom. The molecule has 7 nitrogen and oxygen atoms in total. The number of carbonyl (C=O) groups excluding carboxylic acids is 3. The van der Waals surface area contributed by atoms with Crippen LogP contribution in [0.4, 0.5) is 0 Å². The second-order valence-electron chi connectivity index (χ2n) is 10.8. The van der Waals surface area contributed by atoms with Crippen LogP contribution in [0, 0.1) is 12.8 Å². The molecule has 0 bridgehead atoms. The fraction of sp³-hybridized carbons (Fsp3) is 0.720. The van der Waals surface area contributed by atoms with E-state index < -0.39 is 11.6 Å². The topological polar surface area (TPSA) is 82.9 Å². The van der Waals surface area contributed by atoms with Crippen LogP contribution >= 0.6 is 0 Å². The molecule has 3 amide bonds. The Hall–Kier alpha value is -2.31. The van der Waals surface area contributed by atoms with Gasteiger partial charge in [-0.25, -0.2) is 0 Å². The highest BCUT2D eigenvalue weighted by Gasteiger charge is 2.53. The van der Waals surface area contributed by atoms with Gasteiger partial charge >= 0.3 is 0 Å². The third kappa shape index (κ3) is 4.44. The molecule has 0 saturated carbocycles. The van der Waals surface area contributed by atoms with Crippen molar-refractivity contribution in [1.82, 2.24) is 15.1 Å². The molecule has 3 heterocycles. The SMILES string of the molecule is CCCN1C(=O)C(CC(C)C)NC(=O)C12CCN(C(=O)c1cc(C(C)(C)C)oc1C)CC2. The van der Waals surface area contributed by atoms with Gasteiger partial charge in [-0.3, -0.25) is 14.4 Å². The number of piperazine rings is 1. The Morgan fingerprint density at radius 2 is 1.88 bits per heavy atom. The molecule has 32 heavy (non-hydrogen) atoms. The molecule has 2 saturated heterocycles. The van der Waals surface area contributed by atoms with Crippen molar-refractivity contribution in [1.29, 1.82) is 0 Å². The van der Waals surface area contributed by atoms with E-state index in [1.807, 2.05) is 24.8 Å². The summed E-state index contributed by atoms with van der Waals surface area (Å²) in [6, 6.07) is 1.39. The van der Waals surface area contributed by atoms with Crippen molar-refractivity contribution in [3.63, 3.8) is 0 Å². The minimum Gasteiger partial charge on any atom is -0.465 e. The third-order valence-corrected chi connectivity index (χ3v) is 6.73. The quantitative estimate of drug-likeness (QED) is 0.750. The number of furan rings is 1. The maximum Gasteiger partial charge on any atom is 0.257 e. The average Bonchev–Trinajstić information content (AvgIpc) is 3.11. The van der Waals surface area contributed by atoms with Crippen LogP contribution in [-0.2, 0) is 15.0 Å². The zero-order chi connectivity index (χ0) is 23.8. The number of hydrogen-bond donors (Lipinski definition) is 1. The first-order chi connectivity index (χ1) is 14.9. The van der Waals surface area contributed by atoms with E-state index in [1.54, 1.807) is 4.90 Å². The molecule has 1 aromatic rings. The second kappa shape index (κ2) is 8.91. The van der Waals surface area contributed by atoms with E-state index in [2.05, 4.69) is 39.9 Å². The summed E-state index contributed by atoms with van der Waals surface area (Å²) in [7, 11) is 0. The molecule has 0 aromatic carbocycles. The molecule has 7 heteroatoms. The highest BCUT2D eigenvalue weighted by molar-refractivity contribution is 6.00. The van der Waals surface area contributed by atoms with Gasteiger partial charge in [-0.2, -0.15) is 0 Å². The lowest BCUT2D eigenvalue weighted by Crippen LogP contribution is -2.73. The molecule has 2 aliphatic heterocycles. The molecule has 1 unspecified atom stereocenters. The van der Waals surface area contributed by atoms with Gasteiger partial charge in [-0.15, -0.1) is 0 Å². The molecule has 0 radical (unpaired) electrons. The van der Waals surface area contributed by atoms with Gasteiger partial charge in [-0.05, 0) is 44.6 Å². The maximum absolute atomic E-state index is 13.3. The van der Waals surface area contributed by atoms with Gasteiger partial charge in [0.05, 0.1) is 5.56 Å². The zero-order valence-corrected chi connectivity index (χ0v) is 20.7. The molecule has 1 aromatic heterocycles. The first kappa shape index (κ1) is 24.3. The highest BCUT2D eigenvalue weighted by atomic mass is 16.3. The number of nitrogens with one attached hydrogen (secondary N) is 1. The van der Waals surface area contributed by atoms with Gasteiger partial charge in [0.2, 0.25) is 11.8 Å². The van der Waals surface area contributed by atoms with Gasteiger partial charge < -0.3 is 19.5 Å². The van der Waals surface area contributed by atoms with E-state index in [9.17, 15) is 14.4 Å². The number of hydrogen-bond acceptors (Lipinski definition) is 4. The Labute approximate surface area is 191 Å². The molecule has 2 fully saturated rings. The zero-order valence-electron chi connectivity index (χ0n) is 20.7. The summed E-state index contributed by atoms with van der Waals surface area (Å²) in [4.78, 5) is 43.4. The van der Waals surface area contributed by atoms with Crippen molar-refractivity contribution in [2.45, 2.75) is 91.1 Å².